The van der Waals surface area contributed by atoms with Crippen LogP contribution in [0.1, 0.15) is 28.1 Å². The molecule has 1 aliphatic heterocycles. The largest absolute Gasteiger partial charge is 0.488 e. The number of primary amides is 1. The highest BCUT2D eigenvalue weighted by Gasteiger charge is 2.22. The zero-order valence-corrected chi connectivity index (χ0v) is 16.4. The Morgan fingerprint density at radius 1 is 1.18 bits per heavy atom. The van der Waals surface area contributed by atoms with E-state index in [0.717, 1.165) is 47.3 Å². The summed E-state index contributed by atoms with van der Waals surface area (Å²) in [4.78, 5) is 14.5. The Morgan fingerprint density at radius 3 is 2.57 bits per heavy atom. The number of thiophene rings is 1. The van der Waals surface area contributed by atoms with Crippen molar-refractivity contribution in [3.8, 4) is 5.75 Å². The molecule has 0 atom stereocenters. The number of hydrogen-bond donors (Lipinski definition) is 3. The van der Waals surface area contributed by atoms with E-state index in [-0.39, 0.29) is 6.04 Å². The minimum Gasteiger partial charge on any atom is -0.488 e. The van der Waals surface area contributed by atoms with Gasteiger partial charge in [0.15, 0.2) is 0 Å². The van der Waals surface area contributed by atoms with Gasteiger partial charge in [-0.2, -0.15) is 0 Å². The number of rotatable bonds is 5. The maximum absolute atomic E-state index is 11.8. The molecule has 1 fully saturated rings. The van der Waals surface area contributed by atoms with E-state index in [4.69, 9.17) is 21.9 Å². The van der Waals surface area contributed by atoms with Crippen molar-refractivity contribution in [2.45, 2.75) is 25.5 Å². The molecule has 0 aliphatic carbocycles. The molecule has 28 heavy (non-hydrogen) atoms. The van der Waals surface area contributed by atoms with E-state index in [0.29, 0.717) is 22.9 Å². The SMILES string of the molecule is NC(=O)c1sc2cc(N3CCC(N)CC3)cc(OCc3ccccc3)c2c1N. The first kappa shape index (κ1) is 18.6. The van der Waals surface area contributed by atoms with Gasteiger partial charge in [0.05, 0.1) is 11.1 Å². The Morgan fingerprint density at radius 2 is 1.89 bits per heavy atom. The molecule has 0 bridgehead atoms. The van der Waals surface area contributed by atoms with Gasteiger partial charge in [0.25, 0.3) is 5.91 Å². The number of ether oxygens (including phenoxy) is 1. The van der Waals surface area contributed by atoms with Crippen LogP contribution in [0.25, 0.3) is 10.1 Å². The lowest BCUT2D eigenvalue weighted by molar-refractivity contribution is 0.100. The summed E-state index contributed by atoms with van der Waals surface area (Å²) in [7, 11) is 0. The minimum atomic E-state index is -0.516. The number of carbonyl (C=O) groups excluding carboxylic acids is 1. The van der Waals surface area contributed by atoms with Gasteiger partial charge < -0.3 is 26.8 Å². The molecule has 7 heteroatoms. The van der Waals surface area contributed by atoms with Gasteiger partial charge in [-0.3, -0.25) is 4.79 Å². The summed E-state index contributed by atoms with van der Waals surface area (Å²) in [6.07, 6.45) is 1.91. The van der Waals surface area contributed by atoms with Crippen molar-refractivity contribution in [3.05, 3.63) is 52.9 Å². The molecule has 2 heterocycles. The van der Waals surface area contributed by atoms with Crippen LogP contribution in [0, 0.1) is 0 Å². The molecule has 2 aromatic carbocycles. The predicted molar refractivity (Wildman–Crippen MR) is 115 cm³/mol. The molecule has 0 saturated carbocycles. The molecule has 0 unspecified atom stereocenters. The molecule has 6 nitrogen and oxygen atoms in total. The second kappa shape index (κ2) is 7.69. The van der Waals surface area contributed by atoms with Crippen LogP contribution < -0.4 is 26.8 Å². The number of nitrogen functional groups attached to an aromatic ring is 1. The molecule has 3 aromatic rings. The number of anilines is 2. The number of carbonyl (C=O) groups is 1. The third-order valence-electron chi connectivity index (χ3n) is 5.14. The molecule has 6 N–H and O–H groups in total. The summed E-state index contributed by atoms with van der Waals surface area (Å²) in [6, 6.07) is 14.3. The predicted octanol–water partition coefficient (Wildman–Crippen LogP) is 3.09. The fourth-order valence-electron chi connectivity index (χ4n) is 3.57. The fraction of sp³-hybridized carbons (Fsp3) is 0.286. The zero-order chi connectivity index (χ0) is 19.7. The highest BCUT2D eigenvalue weighted by atomic mass is 32.1. The average molecular weight is 397 g/mol. The van der Waals surface area contributed by atoms with Crippen molar-refractivity contribution >= 4 is 38.7 Å². The van der Waals surface area contributed by atoms with Crippen molar-refractivity contribution in [1.29, 1.82) is 0 Å². The van der Waals surface area contributed by atoms with Crippen LogP contribution in [0.4, 0.5) is 11.4 Å². The molecule has 1 aliphatic rings. The molecule has 4 rings (SSSR count). The third-order valence-corrected chi connectivity index (χ3v) is 6.31. The van der Waals surface area contributed by atoms with Crippen molar-refractivity contribution in [2.24, 2.45) is 11.5 Å². The molecular weight excluding hydrogens is 372 g/mol. The van der Waals surface area contributed by atoms with Crippen LogP contribution in [0.2, 0.25) is 0 Å². The van der Waals surface area contributed by atoms with E-state index in [2.05, 4.69) is 11.0 Å². The third kappa shape index (κ3) is 3.63. The van der Waals surface area contributed by atoms with Gasteiger partial charge in [0.1, 0.15) is 17.2 Å². The van der Waals surface area contributed by atoms with E-state index in [9.17, 15) is 4.79 Å². The van der Waals surface area contributed by atoms with Crippen LogP contribution in [0.5, 0.6) is 5.75 Å². The summed E-state index contributed by atoms with van der Waals surface area (Å²) in [5, 5.41) is 0.757. The molecular formula is C21H24N4O2S. The fourth-order valence-corrected chi connectivity index (χ4v) is 4.60. The lowest BCUT2D eigenvalue weighted by Gasteiger charge is -2.32. The van der Waals surface area contributed by atoms with Crippen LogP contribution in [-0.2, 0) is 6.61 Å². The number of hydrogen-bond acceptors (Lipinski definition) is 6. The summed E-state index contributed by atoms with van der Waals surface area (Å²) in [5.74, 6) is 0.158. The highest BCUT2D eigenvalue weighted by molar-refractivity contribution is 7.21. The van der Waals surface area contributed by atoms with Gasteiger partial charge in [-0.05, 0) is 24.5 Å². The summed E-state index contributed by atoms with van der Waals surface area (Å²) in [6.45, 7) is 2.22. The number of amides is 1. The smallest absolute Gasteiger partial charge is 0.260 e. The molecule has 1 saturated heterocycles. The van der Waals surface area contributed by atoms with Gasteiger partial charge in [-0.15, -0.1) is 11.3 Å². The second-order valence-corrected chi connectivity index (χ2v) is 8.18. The van der Waals surface area contributed by atoms with E-state index in [1.807, 2.05) is 36.4 Å². The van der Waals surface area contributed by atoms with Gasteiger partial charge in [-0.25, -0.2) is 0 Å². The first-order valence-corrected chi connectivity index (χ1v) is 10.2. The number of nitrogens with two attached hydrogens (primary N) is 3. The van der Waals surface area contributed by atoms with Crippen molar-refractivity contribution in [1.82, 2.24) is 0 Å². The van der Waals surface area contributed by atoms with E-state index >= 15 is 0 Å². The van der Waals surface area contributed by atoms with Crippen LogP contribution in [0.3, 0.4) is 0 Å². The van der Waals surface area contributed by atoms with Crippen molar-refractivity contribution in [3.63, 3.8) is 0 Å². The summed E-state index contributed by atoms with van der Waals surface area (Å²) in [5.41, 5.74) is 20.3. The molecule has 1 amide bonds. The topological polar surface area (TPSA) is 108 Å². The van der Waals surface area contributed by atoms with Gasteiger partial charge in [-0.1, -0.05) is 30.3 Å². The first-order chi connectivity index (χ1) is 13.5. The Kier molecular flexibility index (Phi) is 5.11. The summed E-state index contributed by atoms with van der Waals surface area (Å²) < 4.78 is 7.06. The van der Waals surface area contributed by atoms with E-state index < -0.39 is 5.91 Å². The monoisotopic (exact) mass is 396 g/mol. The Bertz CT molecular complexity index is 995. The number of fused-ring (bicyclic) bond motifs is 1. The highest BCUT2D eigenvalue weighted by Crippen LogP contribution is 2.43. The van der Waals surface area contributed by atoms with E-state index in [1.165, 1.54) is 11.3 Å². The number of benzene rings is 2. The number of piperidine rings is 1. The minimum absolute atomic E-state index is 0.257. The van der Waals surface area contributed by atoms with Crippen LogP contribution >= 0.6 is 11.3 Å². The second-order valence-electron chi connectivity index (χ2n) is 7.12. The molecule has 146 valence electrons. The Labute approximate surface area is 167 Å². The standard InChI is InChI=1S/C21H24N4O2S/c22-14-6-8-25(9-7-14)15-10-16(27-12-13-4-2-1-3-5-13)18-17(11-15)28-20(19(18)23)21(24)26/h1-5,10-11,14H,6-9,12,22-23H2,(H2,24,26). The lowest BCUT2D eigenvalue weighted by Crippen LogP contribution is -2.39. The Hall–Kier alpha value is -2.77. The summed E-state index contributed by atoms with van der Waals surface area (Å²) >= 11 is 1.32. The lowest BCUT2D eigenvalue weighted by atomic mass is 10.0. The Balaban J connectivity index is 1.74. The quantitative estimate of drug-likeness (QED) is 0.614. The molecule has 0 spiro atoms. The maximum Gasteiger partial charge on any atom is 0.260 e. The molecule has 1 aromatic heterocycles. The van der Waals surface area contributed by atoms with E-state index in [1.54, 1.807) is 0 Å². The number of nitrogens with zero attached hydrogens (tertiary/aromatic N) is 1. The maximum atomic E-state index is 11.8. The van der Waals surface area contributed by atoms with Crippen molar-refractivity contribution in [2.75, 3.05) is 23.7 Å². The van der Waals surface area contributed by atoms with Gasteiger partial charge in [0.2, 0.25) is 0 Å². The normalized spacial score (nSPS) is 15.1. The molecule has 0 radical (unpaired) electrons. The first-order valence-electron chi connectivity index (χ1n) is 9.36. The van der Waals surface area contributed by atoms with Gasteiger partial charge in [0, 0.05) is 35.6 Å². The van der Waals surface area contributed by atoms with Crippen molar-refractivity contribution < 1.29 is 9.53 Å². The van der Waals surface area contributed by atoms with Gasteiger partial charge >= 0.3 is 0 Å². The average Bonchev–Trinajstić information content (AvgIpc) is 3.04. The zero-order valence-electron chi connectivity index (χ0n) is 15.6. The van der Waals surface area contributed by atoms with Crippen LogP contribution in [0.15, 0.2) is 42.5 Å². The van der Waals surface area contributed by atoms with Crippen LogP contribution in [-0.4, -0.2) is 25.0 Å².